The molecule has 6 nitrogen and oxygen atoms in total. The van der Waals surface area contributed by atoms with Crippen LogP contribution in [-0.4, -0.2) is 39.1 Å². The molecule has 3 aromatic rings. The highest BCUT2D eigenvalue weighted by atomic mass is 19.1. The second-order valence-electron chi connectivity index (χ2n) is 7.40. The molecule has 8 heteroatoms. The van der Waals surface area contributed by atoms with Crippen LogP contribution in [0.4, 0.5) is 14.6 Å². The number of benzene rings is 1. The van der Waals surface area contributed by atoms with E-state index >= 15 is 0 Å². The zero-order chi connectivity index (χ0) is 20.4. The van der Waals surface area contributed by atoms with Crippen molar-refractivity contribution in [1.29, 1.82) is 0 Å². The van der Waals surface area contributed by atoms with E-state index in [-0.39, 0.29) is 5.69 Å². The SMILES string of the molecule is Cc1nn(-c2ccc(F)cc2F)c(C)c1CNC1CCCN(c2cccnn2)C1. The predicted octanol–water partition coefficient (Wildman–Crippen LogP) is 3.32. The maximum atomic E-state index is 14.2. The molecule has 4 rings (SSSR count). The Morgan fingerprint density at radius 2 is 2.07 bits per heavy atom. The van der Waals surface area contributed by atoms with Gasteiger partial charge in [-0.1, -0.05) is 0 Å². The van der Waals surface area contributed by atoms with E-state index in [4.69, 9.17) is 0 Å². The summed E-state index contributed by atoms with van der Waals surface area (Å²) in [6.07, 6.45) is 3.83. The molecule has 1 aliphatic heterocycles. The molecule has 0 spiro atoms. The third kappa shape index (κ3) is 4.12. The first kappa shape index (κ1) is 19.4. The molecule has 0 aliphatic carbocycles. The average molecular weight is 398 g/mol. The summed E-state index contributed by atoms with van der Waals surface area (Å²) in [4.78, 5) is 2.24. The minimum Gasteiger partial charge on any atom is -0.354 e. The van der Waals surface area contributed by atoms with Gasteiger partial charge in [0.25, 0.3) is 0 Å². The van der Waals surface area contributed by atoms with Gasteiger partial charge in [-0.15, -0.1) is 5.10 Å². The van der Waals surface area contributed by atoms with Crippen LogP contribution in [0.2, 0.25) is 0 Å². The highest BCUT2D eigenvalue weighted by molar-refractivity contribution is 5.39. The van der Waals surface area contributed by atoms with E-state index in [9.17, 15) is 8.78 Å². The number of aryl methyl sites for hydroxylation is 1. The molecule has 1 fully saturated rings. The zero-order valence-electron chi connectivity index (χ0n) is 16.6. The Kier molecular flexibility index (Phi) is 5.53. The molecule has 0 radical (unpaired) electrons. The predicted molar refractivity (Wildman–Crippen MR) is 107 cm³/mol. The maximum Gasteiger partial charge on any atom is 0.151 e. The van der Waals surface area contributed by atoms with E-state index in [2.05, 4.69) is 25.5 Å². The summed E-state index contributed by atoms with van der Waals surface area (Å²) in [5.74, 6) is -0.326. The quantitative estimate of drug-likeness (QED) is 0.715. The molecular weight excluding hydrogens is 374 g/mol. The number of nitrogens with zero attached hydrogens (tertiary/aromatic N) is 5. The lowest BCUT2D eigenvalue weighted by Crippen LogP contribution is -2.46. The Bertz CT molecular complexity index is 988. The van der Waals surface area contributed by atoms with Crippen LogP contribution < -0.4 is 10.2 Å². The van der Waals surface area contributed by atoms with Crippen molar-refractivity contribution in [2.45, 2.75) is 39.3 Å². The van der Waals surface area contributed by atoms with E-state index in [1.54, 1.807) is 10.9 Å². The molecule has 29 heavy (non-hydrogen) atoms. The van der Waals surface area contributed by atoms with Crippen molar-refractivity contribution >= 4 is 5.82 Å². The lowest BCUT2D eigenvalue weighted by atomic mass is 10.0. The zero-order valence-corrected chi connectivity index (χ0v) is 16.6. The summed E-state index contributed by atoms with van der Waals surface area (Å²) in [6, 6.07) is 7.74. The topological polar surface area (TPSA) is 58.9 Å². The molecule has 0 amide bonds. The van der Waals surface area contributed by atoms with Gasteiger partial charge in [0.1, 0.15) is 11.5 Å². The van der Waals surface area contributed by atoms with Gasteiger partial charge in [0.05, 0.1) is 5.69 Å². The number of rotatable bonds is 5. The largest absolute Gasteiger partial charge is 0.354 e. The minimum absolute atomic E-state index is 0.254. The van der Waals surface area contributed by atoms with Crippen molar-refractivity contribution in [3.05, 3.63) is 65.1 Å². The second-order valence-corrected chi connectivity index (χ2v) is 7.40. The van der Waals surface area contributed by atoms with Gasteiger partial charge in [-0.2, -0.15) is 10.2 Å². The van der Waals surface area contributed by atoms with E-state index < -0.39 is 11.6 Å². The molecule has 1 aliphatic rings. The molecule has 1 aromatic carbocycles. The monoisotopic (exact) mass is 398 g/mol. The molecule has 1 N–H and O–H groups in total. The van der Waals surface area contributed by atoms with Crippen molar-refractivity contribution in [1.82, 2.24) is 25.3 Å². The first-order valence-electron chi connectivity index (χ1n) is 9.79. The second kappa shape index (κ2) is 8.24. The first-order valence-corrected chi connectivity index (χ1v) is 9.79. The summed E-state index contributed by atoms with van der Waals surface area (Å²) >= 11 is 0. The average Bonchev–Trinajstić information content (AvgIpc) is 3.01. The van der Waals surface area contributed by atoms with Crippen LogP contribution in [-0.2, 0) is 6.54 Å². The minimum atomic E-state index is -0.623. The lowest BCUT2D eigenvalue weighted by Gasteiger charge is -2.33. The normalized spacial score (nSPS) is 17.0. The van der Waals surface area contributed by atoms with Gasteiger partial charge in [-0.25, -0.2) is 13.5 Å². The van der Waals surface area contributed by atoms with Crippen molar-refractivity contribution in [3.8, 4) is 5.69 Å². The molecule has 0 bridgehead atoms. The molecule has 2 aromatic heterocycles. The number of hydrogen-bond acceptors (Lipinski definition) is 5. The molecule has 1 atom stereocenters. The van der Waals surface area contributed by atoms with Gasteiger partial charge in [-0.3, -0.25) is 0 Å². The van der Waals surface area contributed by atoms with Crippen molar-refractivity contribution in [3.63, 3.8) is 0 Å². The van der Waals surface area contributed by atoms with Crippen LogP contribution >= 0.6 is 0 Å². The molecule has 152 valence electrons. The van der Waals surface area contributed by atoms with Gasteiger partial charge in [0, 0.05) is 49.2 Å². The smallest absolute Gasteiger partial charge is 0.151 e. The van der Waals surface area contributed by atoms with Crippen LogP contribution in [0.15, 0.2) is 36.5 Å². The highest BCUT2D eigenvalue weighted by Gasteiger charge is 2.22. The number of anilines is 1. The summed E-state index contributed by atoms with van der Waals surface area (Å²) in [5.41, 5.74) is 2.97. The third-order valence-corrected chi connectivity index (χ3v) is 5.45. The van der Waals surface area contributed by atoms with E-state index in [1.165, 1.54) is 12.1 Å². The van der Waals surface area contributed by atoms with Crippen molar-refractivity contribution in [2.24, 2.45) is 0 Å². The van der Waals surface area contributed by atoms with Crippen LogP contribution in [0.3, 0.4) is 0 Å². The van der Waals surface area contributed by atoms with Crippen molar-refractivity contribution in [2.75, 3.05) is 18.0 Å². The Labute approximate surface area is 168 Å². The number of piperidine rings is 1. The molecule has 1 saturated heterocycles. The number of aromatic nitrogens is 4. The Hall–Kier alpha value is -2.87. The van der Waals surface area contributed by atoms with Crippen LogP contribution in [0.25, 0.3) is 5.69 Å². The third-order valence-electron chi connectivity index (χ3n) is 5.45. The van der Waals surface area contributed by atoms with E-state index in [0.29, 0.717) is 12.6 Å². The fraction of sp³-hybridized carbons (Fsp3) is 0.381. The summed E-state index contributed by atoms with van der Waals surface area (Å²) < 4.78 is 29.0. The Morgan fingerprint density at radius 3 is 2.83 bits per heavy atom. The van der Waals surface area contributed by atoms with Gasteiger partial charge < -0.3 is 10.2 Å². The lowest BCUT2D eigenvalue weighted by molar-refractivity contribution is 0.419. The molecule has 1 unspecified atom stereocenters. The fourth-order valence-corrected chi connectivity index (χ4v) is 3.88. The van der Waals surface area contributed by atoms with E-state index in [0.717, 1.165) is 54.8 Å². The first-order chi connectivity index (χ1) is 14.0. The summed E-state index contributed by atoms with van der Waals surface area (Å²) in [7, 11) is 0. The highest BCUT2D eigenvalue weighted by Crippen LogP contribution is 2.22. The number of nitrogens with one attached hydrogen (secondary N) is 1. The molecule has 0 saturated carbocycles. The fourth-order valence-electron chi connectivity index (χ4n) is 3.88. The maximum absolute atomic E-state index is 14.2. The van der Waals surface area contributed by atoms with Gasteiger partial charge in [0.15, 0.2) is 11.6 Å². The molecule has 3 heterocycles. The van der Waals surface area contributed by atoms with Gasteiger partial charge in [0.2, 0.25) is 0 Å². The molecular formula is C21H24F2N6. The van der Waals surface area contributed by atoms with Crippen molar-refractivity contribution < 1.29 is 8.78 Å². The van der Waals surface area contributed by atoms with Crippen LogP contribution in [0.1, 0.15) is 29.8 Å². The van der Waals surface area contributed by atoms with Crippen LogP contribution in [0, 0.1) is 25.5 Å². The Balaban J connectivity index is 1.47. The standard InChI is InChI=1S/C21H24F2N6/c1-14-18(15(2)29(27-14)20-8-7-16(22)11-19(20)23)12-24-17-5-4-10-28(13-17)21-6-3-9-25-26-21/h3,6-9,11,17,24H,4-5,10,12-13H2,1-2H3. The number of hydrogen-bond donors (Lipinski definition) is 1. The number of halogens is 2. The summed E-state index contributed by atoms with van der Waals surface area (Å²) in [6.45, 7) is 6.29. The summed E-state index contributed by atoms with van der Waals surface area (Å²) in [5, 5.41) is 16.3. The van der Waals surface area contributed by atoms with Gasteiger partial charge >= 0.3 is 0 Å². The van der Waals surface area contributed by atoms with E-state index in [1.807, 2.05) is 26.0 Å². The Morgan fingerprint density at radius 1 is 1.21 bits per heavy atom. The van der Waals surface area contributed by atoms with Crippen LogP contribution in [0.5, 0.6) is 0 Å². The van der Waals surface area contributed by atoms with Gasteiger partial charge in [-0.05, 0) is 51.0 Å².